The Morgan fingerprint density at radius 1 is 1.24 bits per heavy atom. The molecule has 0 spiro atoms. The molecule has 0 saturated carbocycles. The highest BCUT2D eigenvalue weighted by Gasteiger charge is 2.29. The van der Waals surface area contributed by atoms with Gasteiger partial charge in [-0.3, -0.25) is 9.59 Å². The minimum absolute atomic E-state index is 0.122. The molecule has 1 aromatic carbocycles. The number of likely N-dealkylation sites (tertiary alicyclic amines) is 1. The van der Waals surface area contributed by atoms with Crippen molar-refractivity contribution in [3.63, 3.8) is 0 Å². The van der Waals surface area contributed by atoms with Gasteiger partial charge in [-0.2, -0.15) is 0 Å². The predicted molar refractivity (Wildman–Crippen MR) is 110 cm³/mol. The van der Waals surface area contributed by atoms with Crippen molar-refractivity contribution >= 4 is 22.8 Å². The van der Waals surface area contributed by atoms with E-state index in [4.69, 9.17) is 19.6 Å². The van der Waals surface area contributed by atoms with E-state index in [-0.39, 0.29) is 17.7 Å². The monoisotopic (exact) mass is 402 g/mol. The number of hydrogen-bond acceptors (Lipinski definition) is 5. The molecule has 1 saturated heterocycles. The largest absolute Gasteiger partial charge is 0.490 e. The lowest BCUT2D eigenvalue weighted by atomic mass is 9.93. The molecule has 0 bridgehead atoms. The molecule has 1 atom stereocenters. The van der Waals surface area contributed by atoms with Crippen LogP contribution < -0.4 is 15.2 Å². The molecule has 0 radical (unpaired) electrons. The fraction of sp³-hybridized carbons (Fsp3) is 0.545. The van der Waals surface area contributed by atoms with E-state index in [1.165, 1.54) is 0 Å². The molecule has 2 amide bonds. The smallest absolute Gasteiger partial charge is 0.289 e. The summed E-state index contributed by atoms with van der Waals surface area (Å²) in [5.74, 6) is 1.35. The molecule has 2 N–H and O–H groups in total. The van der Waals surface area contributed by atoms with Crippen molar-refractivity contribution in [2.45, 2.75) is 46.5 Å². The first-order valence-electron chi connectivity index (χ1n) is 10.4. The van der Waals surface area contributed by atoms with E-state index in [1.807, 2.05) is 37.8 Å². The van der Waals surface area contributed by atoms with Crippen LogP contribution in [0.4, 0.5) is 0 Å². The maximum atomic E-state index is 13.2. The summed E-state index contributed by atoms with van der Waals surface area (Å²) in [6.45, 7) is 7.98. The lowest BCUT2D eigenvalue weighted by molar-refractivity contribution is -0.118. The number of fused-ring (bicyclic) bond motifs is 1. The molecule has 1 fully saturated rings. The number of carbonyl (C=O) groups is 2. The Balaban J connectivity index is 1.88. The van der Waals surface area contributed by atoms with E-state index < -0.39 is 0 Å². The SMILES string of the molecule is CCOc1ccc2c(C)c(C(=O)N3CCC[C@@H](CCC(N)=O)C3)oc2c1OCC. The van der Waals surface area contributed by atoms with Crippen molar-refractivity contribution in [2.75, 3.05) is 26.3 Å². The van der Waals surface area contributed by atoms with Crippen LogP contribution in [0.5, 0.6) is 11.5 Å². The van der Waals surface area contributed by atoms with Crippen LogP contribution in [0, 0.1) is 12.8 Å². The summed E-state index contributed by atoms with van der Waals surface area (Å²) in [6, 6.07) is 3.76. The van der Waals surface area contributed by atoms with Crippen molar-refractivity contribution in [1.29, 1.82) is 0 Å². The van der Waals surface area contributed by atoms with Crippen LogP contribution in [-0.2, 0) is 4.79 Å². The normalized spacial score (nSPS) is 16.8. The zero-order valence-corrected chi connectivity index (χ0v) is 17.5. The number of benzene rings is 1. The number of ether oxygens (including phenoxy) is 2. The zero-order valence-electron chi connectivity index (χ0n) is 17.5. The van der Waals surface area contributed by atoms with Crippen LogP contribution in [0.25, 0.3) is 11.0 Å². The number of piperidine rings is 1. The Morgan fingerprint density at radius 2 is 2.00 bits per heavy atom. The summed E-state index contributed by atoms with van der Waals surface area (Å²) in [6.07, 6.45) is 2.98. The Morgan fingerprint density at radius 3 is 2.69 bits per heavy atom. The average Bonchev–Trinajstić information content (AvgIpc) is 3.05. The standard InChI is InChI=1S/C22H30N2O5/c1-4-27-17-10-9-16-14(3)19(29-20(16)21(17)28-5-2)22(26)24-12-6-7-15(13-24)8-11-18(23)25/h9-10,15H,4-8,11-13H2,1-3H3,(H2,23,25)/t15-/m0/s1. The van der Waals surface area contributed by atoms with Gasteiger partial charge in [0.2, 0.25) is 11.7 Å². The van der Waals surface area contributed by atoms with Gasteiger partial charge in [-0.25, -0.2) is 0 Å². The lowest BCUT2D eigenvalue weighted by Crippen LogP contribution is -2.40. The van der Waals surface area contributed by atoms with Gasteiger partial charge in [0, 0.05) is 30.5 Å². The average molecular weight is 402 g/mol. The molecule has 3 rings (SSSR count). The quantitative estimate of drug-likeness (QED) is 0.727. The van der Waals surface area contributed by atoms with Crippen LogP contribution in [-0.4, -0.2) is 43.0 Å². The van der Waals surface area contributed by atoms with Gasteiger partial charge in [-0.15, -0.1) is 0 Å². The van der Waals surface area contributed by atoms with Gasteiger partial charge in [0.05, 0.1) is 13.2 Å². The molecular weight excluding hydrogens is 372 g/mol. The summed E-state index contributed by atoms with van der Waals surface area (Å²) in [4.78, 5) is 26.1. The second-order valence-electron chi connectivity index (χ2n) is 7.46. The molecule has 7 heteroatoms. The van der Waals surface area contributed by atoms with Crippen LogP contribution in [0.1, 0.15) is 55.6 Å². The third kappa shape index (κ3) is 4.49. The topological polar surface area (TPSA) is 95.0 Å². The highest BCUT2D eigenvalue weighted by molar-refractivity contribution is 6.00. The number of amides is 2. The third-order valence-electron chi connectivity index (χ3n) is 5.41. The van der Waals surface area contributed by atoms with E-state index in [0.717, 1.165) is 23.8 Å². The Kier molecular flexibility index (Phi) is 6.67. The van der Waals surface area contributed by atoms with Crippen LogP contribution in [0.15, 0.2) is 16.5 Å². The van der Waals surface area contributed by atoms with E-state index in [2.05, 4.69) is 0 Å². The minimum atomic E-state index is -0.296. The lowest BCUT2D eigenvalue weighted by Gasteiger charge is -2.32. The minimum Gasteiger partial charge on any atom is -0.490 e. The molecule has 158 valence electrons. The molecule has 2 heterocycles. The predicted octanol–water partition coefficient (Wildman–Crippen LogP) is 3.66. The third-order valence-corrected chi connectivity index (χ3v) is 5.41. The van der Waals surface area contributed by atoms with Gasteiger partial charge in [0.15, 0.2) is 17.1 Å². The second-order valence-corrected chi connectivity index (χ2v) is 7.46. The van der Waals surface area contributed by atoms with Gasteiger partial charge in [0.25, 0.3) is 5.91 Å². The number of nitrogens with zero attached hydrogens (tertiary/aromatic N) is 1. The molecular formula is C22H30N2O5. The van der Waals surface area contributed by atoms with E-state index in [1.54, 1.807) is 0 Å². The molecule has 0 unspecified atom stereocenters. The number of hydrogen-bond donors (Lipinski definition) is 1. The zero-order chi connectivity index (χ0) is 21.0. The molecule has 0 aliphatic carbocycles. The number of aryl methyl sites for hydroxylation is 1. The maximum Gasteiger partial charge on any atom is 0.289 e. The van der Waals surface area contributed by atoms with Gasteiger partial charge in [-0.1, -0.05) is 0 Å². The van der Waals surface area contributed by atoms with Gasteiger partial charge in [0.1, 0.15) is 0 Å². The second kappa shape index (κ2) is 9.20. The number of primary amides is 1. The van der Waals surface area contributed by atoms with E-state index in [9.17, 15) is 9.59 Å². The van der Waals surface area contributed by atoms with E-state index >= 15 is 0 Å². The molecule has 1 aliphatic rings. The van der Waals surface area contributed by atoms with Crippen molar-refractivity contribution in [1.82, 2.24) is 4.90 Å². The first-order valence-corrected chi connectivity index (χ1v) is 10.4. The highest BCUT2D eigenvalue weighted by atomic mass is 16.5. The Labute approximate surface area is 171 Å². The Hall–Kier alpha value is -2.70. The molecule has 1 aromatic heterocycles. The fourth-order valence-electron chi connectivity index (χ4n) is 3.97. The first-order chi connectivity index (χ1) is 14.0. The summed E-state index contributed by atoms with van der Waals surface area (Å²) in [5.41, 5.74) is 6.62. The van der Waals surface area contributed by atoms with Gasteiger partial charge in [-0.05, 0) is 58.1 Å². The molecule has 29 heavy (non-hydrogen) atoms. The summed E-state index contributed by atoms with van der Waals surface area (Å²) in [5, 5.41) is 0.850. The highest BCUT2D eigenvalue weighted by Crippen LogP contribution is 2.40. The number of nitrogens with two attached hydrogens (primary N) is 1. The van der Waals surface area contributed by atoms with Crippen molar-refractivity contribution < 1.29 is 23.5 Å². The van der Waals surface area contributed by atoms with Crippen LogP contribution in [0.3, 0.4) is 0 Å². The molecule has 1 aliphatic heterocycles. The molecule has 7 nitrogen and oxygen atoms in total. The maximum absolute atomic E-state index is 13.2. The summed E-state index contributed by atoms with van der Waals surface area (Å²) < 4.78 is 17.5. The first kappa shape index (κ1) is 21.0. The summed E-state index contributed by atoms with van der Waals surface area (Å²) in [7, 11) is 0. The van der Waals surface area contributed by atoms with Gasteiger partial charge >= 0.3 is 0 Å². The van der Waals surface area contributed by atoms with Crippen molar-refractivity contribution in [3.8, 4) is 11.5 Å². The van der Waals surface area contributed by atoms with Crippen LogP contribution in [0.2, 0.25) is 0 Å². The fourth-order valence-corrected chi connectivity index (χ4v) is 3.97. The van der Waals surface area contributed by atoms with Crippen molar-refractivity contribution in [2.24, 2.45) is 11.7 Å². The molecule has 2 aromatic rings. The van der Waals surface area contributed by atoms with Gasteiger partial charge < -0.3 is 24.5 Å². The number of furan rings is 1. The number of carbonyl (C=O) groups excluding carboxylic acids is 2. The number of rotatable bonds is 8. The van der Waals surface area contributed by atoms with E-state index in [0.29, 0.717) is 62.0 Å². The van der Waals surface area contributed by atoms with Crippen molar-refractivity contribution in [3.05, 3.63) is 23.5 Å². The Bertz CT molecular complexity index is 889. The summed E-state index contributed by atoms with van der Waals surface area (Å²) >= 11 is 0. The van der Waals surface area contributed by atoms with Crippen LogP contribution >= 0.6 is 0 Å².